The Labute approximate surface area is 214 Å². The summed E-state index contributed by atoms with van der Waals surface area (Å²) >= 11 is 3.01. The number of nitrogens with zero attached hydrogens (tertiary/aromatic N) is 1. The first-order valence-corrected chi connectivity index (χ1v) is 13.8. The lowest BCUT2D eigenvalue weighted by Gasteiger charge is -2.26. The number of carboxylic acid groups (broad SMARTS) is 1. The van der Waals surface area contributed by atoms with Gasteiger partial charge < -0.3 is 43.4 Å². The van der Waals surface area contributed by atoms with Gasteiger partial charge in [-0.05, 0) is 56.6 Å². The second kappa shape index (κ2) is 18.1. The first kappa shape index (κ1) is 32.8. The molecule has 0 bridgehead atoms. The summed E-state index contributed by atoms with van der Waals surface area (Å²) in [6.45, 7) is 1.46. The molecule has 5 atom stereocenters. The van der Waals surface area contributed by atoms with E-state index in [1.165, 1.54) is 18.7 Å². The molecule has 13 nitrogen and oxygen atoms in total. The van der Waals surface area contributed by atoms with Crippen LogP contribution in [-0.4, -0.2) is 101 Å². The van der Waals surface area contributed by atoms with Gasteiger partial charge in [0.05, 0.1) is 12.1 Å². The van der Waals surface area contributed by atoms with Gasteiger partial charge in [0, 0.05) is 6.54 Å². The number of aliphatic carboxylic acids is 1. The molecule has 15 heteroatoms. The van der Waals surface area contributed by atoms with Gasteiger partial charge in [-0.2, -0.15) is 23.5 Å². The molecule has 0 fully saturated rings. The number of nitrogens with two attached hydrogens (primary N) is 3. The van der Waals surface area contributed by atoms with E-state index in [-0.39, 0.29) is 31.8 Å². The number of hydrogen-bond acceptors (Lipinski definition) is 9. The largest absolute Gasteiger partial charge is 0.480 e. The molecule has 0 heterocycles. The van der Waals surface area contributed by atoms with Crippen LogP contribution >= 0.6 is 23.5 Å². The van der Waals surface area contributed by atoms with Crippen molar-refractivity contribution in [2.45, 2.75) is 62.9 Å². The molecule has 5 unspecified atom stereocenters. The Morgan fingerprint density at radius 3 is 1.97 bits per heavy atom. The highest BCUT2D eigenvalue weighted by molar-refractivity contribution is 7.98. The minimum Gasteiger partial charge on any atom is -0.480 e. The minimum absolute atomic E-state index is 0.0265. The Balaban J connectivity index is 5.29. The Hall–Kier alpha value is -2.23. The van der Waals surface area contributed by atoms with Crippen molar-refractivity contribution in [1.29, 1.82) is 0 Å². The zero-order valence-corrected chi connectivity index (χ0v) is 22.0. The second-order valence-corrected chi connectivity index (χ2v) is 9.78. The fourth-order valence-corrected chi connectivity index (χ4v) is 3.80. The summed E-state index contributed by atoms with van der Waals surface area (Å²) in [4.78, 5) is 53.4. The highest BCUT2D eigenvalue weighted by Gasteiger charge is 2.32. The van der Waals surface area contributed by atoms with E-state index in [2.05, 4.69) is 20.9 Å². The number of nitrogens with one attached hydrogen (secondary N) is 3. The van der Waals surface area contributed by atoms with Gasteiger partial charge in [-0.15, -0.1) is 0 Å². The third kappa shape index (κ3) is 14.0. The zero-order chi connectivity index (χ0) is 27.0. The second-order valence-electron chi connectivity index (χ2n) is 7.81. The molecule has 11 N–H and O–H groups in total. The number of hydrogen-bond donors (Lipinski definition) is 8. The van der Waals surface area contributed by atoms with Gasteiger partial charge in [0.25, 0.3) is 0 Å². The molecule has 0 aromatic rings. The standard InChI is InChI=1S/C20H39N7O6S2/c1-11(28)15(18(31)26-14(19(32)33)5-4-8-24-20(22)23)27-17(30)13(7-10-35-3)25-16(29)12(21)6-9-34-2/h11-15,28H,4-10,21H2,1-3H3,(H,25,29)(H,26,31)(H,27,30)(H,32,33)(H4,22,23,24). The lowest BCUT2D eigenvalue weighted by molar-refractivity contribution is -0.143. The van der Waals surface area contributed by atoms with Gasteiger partial charge in [-0.3, -0.25) is 19.4 Å². The summed E-state index contributed by atoms with van der Waals surface area (Å²) in [7, 11) is 0. The average Bonchev–Trinajstić information content (AvgIpc) is 2.79. The molecule has 202 valence electrons. The van der Waals surface area contributed by atoms with Crippen molar-refractivity contribution in [2.24, 2.45) is 22.2 Å². The average molecular weight is 538 g/mol. The van der Waals surface area contributed by atoms with Crippen molar-refractivity contribution in [3.8, 4) is 0 Å². The van der Waals surface area contributed by atoms with Gasteiger partial charge >= 0.3 is 5.97 Å². The summed E-state index contributed by atoms with van der Waals surface area (Å²) < 4.78 is 0. The highest BCUT2D eigenvalue weighted by atomic mass is 32.2. The van der Waals surface area contributed by atoms with E-state index in [4.69, 9.17) is 17.2 Å². The molecule has 0 spiro atoms. The van der Waals surface area contributed by atoms with E-state index in [1.54, 1.807) is 11.8 Å². The quantitative estimate of drug-likeness (QED) is 0.0530. The molecule has 0 aliphatic heterocycles. The molecular formula is C20H39N7O6S2. The Morgan fingerprint density at radius 2 is 1.46 bits per heavy atom. The summed E-state index contributed by atoms with van der Waals surface area (Å²) in [6, 6.07) is -4.51. The van der Waals surface area contributed by atoms with Crippen LogP contribution in [0.25, 0.3) is 0 Å². The summed E-state index contributed by atoms with van der Waals surface area (Å²) in [5.41, 5.74) is 16.3. The van der Waals surface area contributed by atoms with Crippen LogP contribution in [0.5, 0.6) is 0 Å². The summed E-state index contributed by atoms with van der Waals surface area (Å²) in [5.74, 6) is -2.27. The maximum absolute atomic E-state index is 12.9. The van der Waals surface area contributed by atoms with Crippen molar-refractivity contribution in [3.05, 3.63) is 0 Å². The number of thioether (sulfide) groups is 2. The fourth-order valence-electron chi connectivity index (χ4n) is 2.84. The monoisotopic (exact) mass is 537 g/mol. The number of carboxylic acids is 1. The number of carbonyl (C=O) groups excluding carboxylic acids is 3. The van der Waals surface area contributed by atoms with E-state index in [0.29, 0.717) is 17.9 Å². The van der Waals surface area contributed by atoms with Crippen LogP contribution in [0.2, 0.25) is 0 Å². The number of rotatable bonds is 18. The predicted molar refractivity (Wildman–Crippen MR) is 139 cm³/mol. The SMILES string of the molecule is CSCCC(N)C(=O)NC(CCSC)C(=O)NC(C(=O)NC(CCCN=C(N)N)C(=O)O)C(C)O. The van der Waals surface area contributed by atoms with Crippen molar-refractivity contribution in [1.82, 2.24) is 16.0 Å². The van der Waals surface area contributed by atoms with E-state index >= 15 is 0 Å². The maximum Gasteiger partial charge on any atom is 0.326 e. The molecule has 35 heavy (non-hydrogen) atoms. The number of amides is 3. The minimum atomic E-state index is -1.44. The Bertz CT molecular complexity index is 722. The van der Waals surface area contributed by atoms with Crippen LogP contribution in [0, 0.1) is 0 Å². The Morgan fingerprint density at radius 1 is 0.886 bits per heavy atom. The third-order valence-electron chi connectivity index (χ3n) is 4.84. The molecule has 0 aliphatic rings. The molecule has 0 radical (unpaired) electrons. The molecule has 0 saturated carbocycles. The summed E-state index contributed by atoms with van der Waals surface area (Å²) in [5, 5.41) is 26.9. The number of carbonyl (C=O) groups is 4. The molecule has 0 aliphatic carbocycles. The maximum atomic E-state index is 12.9. The molecule has 0 aromatic carbocycles. The first-order valence-electron chi connectivity index (χ1n) is 11.0. The first-order chi connectivity index (χ1) is 16.4. The van der Waals surface area contributed by atoms with Gasteiger partial charge in [-0.25, -0.2) is 4.79 Å². The Kier molecular flexibility index (Phi) is 16.9. The van der Waals surface area contributed by atoms with E-state index in [9.17, 15) is 29.4 Å². The van der Waals surface area contributed by atoms with E-state index < -0.39 is 54.0 Å². The van der Waals surface area contributed by atoms with Crippen LogP contribution in [0.3, 0.4) is 0 Å². The van der Waals surface area contributed by atoms with E-state index in [0.717, 1.165) is 0 Å². The third-order valence-corrected chi connectivity index (χ3v) is 6.12. The normalized spacial score (nSPS) is 15.1. The molecule has 3 amide bonds. The van der Waals surface area contributed by atoms with Gasteiger partial charge in [-0.1, -0.05) is 0 Å². The van der Waals surface area contributed by atoms with Crippen LogP contribution < -0.4 is 33.2 Å². The van der Waals surface area contributed by atoms with Crippen LogP contribution in [-0.2, 0) is 19.2 Å². The van der Waals surface area contributed by atoms with Crippen LogP contribution in [0.15, 0.2) is 4.99 Å². The van der Waals surface area contributed by atoms with Gasteiger partial charge in [0.1, 0.15) is 18.1 Å². The van der Waals surface area contributed by atoms with Crippen LogP contribution in [0.4, 0.5) is 0 Å². The van der Waals surface area contributed by atoms with E-state index in [1.807, 2.05) is 12.5 Å². The molecule has 0 saturated heterocycles. The molecule has 0 aromatic heterocycles. The van der Waals surface area contributed by atoms with Gasteiger partial charge in [0.15, 0.2) is 5.96 Å². The van der Waals surface area contributed by atoms with Gasteiger partial charge in [0.2, 0.25) is 17.7 Å². The van der Waals surface area contributed by atoms with Crippen molar-refractivity contribution < 1.29 is 29.4 Å². The lowest BCUT2D eigenvalue weighted by Crippen LogP contribution is -2.60. The predicted octanol–water partition coefficient (Wildman–Crippen LogP) is -2.21. The molecule has 0 rings (SSSR count). The highest BCUT2D eigenvalue weighted by Crippen LogP contribution is 2.06. The number of aliphatic hydroxyl groups excluding tert-OH is 1. The van der Waals surface area contributed by atoms with Crippen molar-refractivity contribution >= 4 is 53.2 Å². The topological polar surface area (TPSA) is 235 Å². The lowest BCUT2D eigenvalue weighted by atomic mass is 10.1. The number of guanidine groups is 1. The van der Waals surface area contributed by atoms with Crippen molar-refractivity contribution in [3.63, 3.8) is 0 Å². The zero-order valence-electron chi connectivity index (χ0n) is 20.4. The van der Waals surface area contributed by atoms with Crippen molar-refractivity contribution in [2.75, 3.05) is 30.6 Å². The van der Waals surface area contributed by atoms with Crippen LogP contribution in [0.1, 0.15) is 32.6 Å². The fraction of sp³-hybridized carbons (Fsp3) is 0.750. The molecular weight excluding hydrogens is 498 g/mol. The number of aliphatic imine (C=N–C) groups is 1. The number of aliphatic hydroxyl groups is 1. The summed E-state index contributed by atoms with van der Waals surface area (Å²) in [6.07, 6.45) is 3.40. The smallest absolute Gasteiger partial charge is 0.326 e.